The van der Waals surface area contributed by atoms with Crippen molar-refractivity contribution in [3.05, 3.63) is 34.5 Å². The zero-order chi connectivity index (χ0) is 20.0. The Labute approximate surface area is 165 Å². The van der Waals surface area contributed by atoms with E-state index < -0.39 is 0 Å². The summed E-state index contributed by atoms with van der Waals surface area (Å²) >= 11 is 1.36. The SMILES string of the molecule is CCN(CC)CCN(CC(C)C)C(=O)c1sc2cccc(F)c2c1COC. The first-order valence-corrected chi connectivity index (χ1v) is 10.4. The molecule has 150 valence electrons. The van der Waals surface area contributed by atoms with E-state index in [2.05, 4.69) is 32.6 Å². The molecule has 1 heterocycles. The Morgan fingerprint density at radius 1 is 1.22 bits per heavy atom. The molecule has 0 bridgehead atoms. The van der Waals surface area contributed by atoms with Crippen LogP contribution in [0.4, 0.5) is 4.39 Å². The Morgan fingerprint density at radius 2 is 1.93 bits per heavy atom. The summed E-state index contributed by atoms with van der Waals surface area (Å²) in [5, 5.41) is 0.515. The van der Waals surface area contributed by atoms with Gasteiger partial charge in [0.15, 0.2) is 0 Å². The zero-order valence-electron chi connectivity index (χ0n) is 17.0. The largest absolute Gasteiger partial charge is 0.380 e. The summed E-state index contributed by atoms with van der Waals surface area (Å²) in [6.45, 7) is 12.8. The fourth-order valence-electron chi connectivity index (χ4n) is 3.28. The number of benzene rings is 1. The number of methoxy groups -OCH3 is 1. The minimum absolute atomic E-state index is 0.0245. The fraction of sp³-hybridized carbons (Fsp3) is 0.571. The Kier molecular flexibility index (Phi) is 8.20. The van der Waals surface area contributed by atoms with E-state index in [1.807, 2.05) is 11.0 Å². The first-order chi connectivity index (χ1) is 12.9. The molecule has 0 fully saturated rings. The van der Waals surface area contributed by atoms with Crippen molar-refractivity contribution in [3.63, 3.8) is 0 Å². The van der Waals surface area contributed by atoms with Crippen LogP contribution in [-0.2, 0) is 11.3 Å². The fourth-order valence-corrected chi connectivity index (χ4v) is 4.47. The summed E-state index contributed by atoms with van der Waals surface area (Å²) in [4.78, 5) is 18.2. The molecule has 0 atom stereocenters. The van der Waals surface area contributed by atoms with Gasteiger partial charge in [0.1, 0.15) is 5.82 Å². The lowest BCUT2D eigenvalue weighted by Crippen LogP contribution is -2.40. The second-order valence-electron chi connectivity index (χ2n) is 7.13. The molecule has 0 unspecified atom stereocenters. The summed E-state index contributed by atoms with van der Waals surface area (Å²) in [5.74, 6) is 0.0412. The van der Waals surface area contributed by atoms with Crippen LogP contribution in [0.15, 0.2) is 18.2 Å². The quantitative estimate of drug-likeness (QED) is 0.589. The second-order valence-corrected chi connectivity index (χ2v) is 8.18. The average molecular weight is 395 g/mol. The van der Waals surface area contributed by atoms with Crippen molar-refractivity contribution in [1.29, 1.82) is 0 Å². The van der Waals surface area contributed by atoms with E-state index in [0.717, 1.165) is 24.3 Å². The number of carbonyl (C=O) groups is 1. The maximum atomic E-state index is 14.4. The normalized spacial score (nSPS) is 11.7. The molecule has 27 heavy (non-hydrogen) atoms. The van der Waals surface area contributed by atoms with Crippen molar-refractivity contribution in [1.82, 2.24) is 9.80 Å². The number of amides is 1. The molecule has 4 nitrogen and oxygen atoms in total. The number of hydrogen-bond acceptors (Lipinski definition) is 4. The highest BCUT2D eigenvalue weighted by molar-refractivity contribution is 7.21. The molecule has 2 aromatic rings. The molecule has 1 aromatic carbocycles. The van der Waals surface area contributed by atoms with Crippen LogP contribution in [0.25, 0.3) is 10.1 Å². The highest BCUT2D eigenvalue weighted by atomic mass is 32.1. The van der Waals surface area contributed by atoms with Gasteiger partial charge in [0, 0.05) is 42.4 Å². The van der Waals surface area contributed by atoms with Gasteiger partial charge in [0.25, 0.3) is 5.91 Å². The average Bonchev–Trinajstić information content (AvgIpc) is 3.01. The van der Waals surface area contributed by atoms with Crippen LogP contribution in [0, 0.1) is 11.7 Å². The van der Waals surface area contributed by atoms with Crippen molar-refractivity contribution in [2.24, 2.45) is 5.92 Å². The van der Waals surface area contributed by atoms with Crippen LogP contribution in [-0.4, -0.2) is 55.5 Å². The summed E-state index contributed by atoms with van der Waals surface area (Å²) in [6, 6.07) is 4.99. The molecule has 0 spiro atoms. The lowest BCUT2D eigenvalue weighted by Gasteiger charge is -2.28. The number of hydrogen-bond donors (Lipinski definition) is 0. The van der Waals surface area contributed by atoms with Gasteiger partial charge in [-0.2, -0.15) is 0 Å². The monoisotopic (exact) mass is 394 g/mol. The molecule has 0 aliphatic rings. The van der Waals surface area contributed by atoms with E-state index in [1.165, 1.54) is 17.4 Å². The third-order valence-corrected chi connectivity index (χ3v) is 5.88. The maximum Gasteiger partial charge on any atom is 0.264 e. The van der Waals surface area contributed by atoms with Crippen LogP contribution in [0.1, 0.15) is 42.9 Å². The van der Waals surface area contributed by atoms with Gasteiger partial charge in [-0.15, -0.1) is 11.3 Å². The summed E-state index contributed by atoms with van der Waals surface area (Å²) in [6.07, 6.45) is 0. The molecule has 6 heteroatoms. The van der Waals surface area contributed by atoms with Crippen LogP contribution >= 0.6 is 11.3 Å². The molecule has 0 saturated heterocycles. The zero-order valence-corrected chi connectivity index (χ0v) is 17.9. The molecular weight excluding hydrogens is 363 g/mol. The van der Waals surface area contributed by atoms with Gasteiger partial charge in [-0.1, -0.05) is 33.8 Å². The van der Waals surface area contributed by atoms with Crippen molar-refractivity contribution in [2.45, 2.75) is 34.3 Å². The van der Waals surface area contributed by atoms with Gasteiger partial charge < -0.3 is 14.5 Å². The van der Waals surface area contributed by atoms with Crippen molar-refractivity contribution >= 4 is 27.3 Å². The Balaban J connectivity index is 2.38. The minimum atomic E-state index is -0.298. The van der Waals surface area contributed by atoms with E-state index in [0.29, 0.717) is 34.8 Å². The lowest BCUT2D eigenvalue weighted by atomic mass is 10.1. The van der Waals surface area contributed by atoms with Crippen LogP contribution in [0.5, 0.6) is 0 Å². The molecule has 0 aliphatic carbocycles. The number of rotatable bonds is 10. The van der Waals surface area contributed by atoms with Crippen molar-refractivity contribution in [2.75, 3.05) is 39.8 Å². The maximum absolute atomic E-state index is 14.4. The van der Waals surface area contributed by atoms with E-state index >= 15 is 0 Å². The molecule has 0 N–H and O–H groups in total. The Morgan fingerprint density at radius 3 is 2.52 bits per heavy atom. The molecular formula is C21H31FN2O2S. The van der Waals surface area contributed by atoms with Gasteiger partial charge in [0.05, 0.1) is 11.5 Å². The lowest BCUT2D eigenvalue weighted by molar-refractivity contribution is 0.0717. The predicted molar refractivity (Wildman–Crippen MR) is 111 cm³/mol. The van der Waals surface area contributed by atoms with Gasteiger partial charge in [-0.05, 0) is 31.1 Å². The summed E-state index contributed by atoms with van der Waals surface area (Å²) < 4.78 is 20.5. The predicted octanol–water partition coefficient (Wildman–Crippen LogP) is 4.63. The number of thiophene rings is 1. The third-order valence-electron chi connectivity index (χ3n) is 4.70. The number of likely N-dealkylation sites (N-methyl/N-ethyl adjacent to an activating group) is 1. The smallest absolute Gasteiger partial charge is 0.264 e. The van der Waals surface area contributed by atoms with Gasteiger partial charge in [0.2, 0.25) is 0 Å². The summed E-state index contributed by atoms with van der Waals surface area (Å²) in [7, 11) is 1.57. The van der Waals surface area contributed by atoms with Crippen LogP contribution in [0.2, 0.25) is 0 Å². The van der Waals surface area contributed by atoms with Gasteiger partial charge in [-0.3, -0.25) is 4.79 Å². The van der Waals surface area contributed by atoms with Gasteiger partial charge >= 0.3 is 0 Å². The van der Waals surface area contributed by atoms with E-state index in [4.69, 9.17) is 4.74 Å². The minimum Gasteiger partial charge on any atom is -0.380 e. The van der Waals surface area contributed by atoms with Crippen molar-refractivity contribution < 1.29 is 13.9 Å². The van der Waals surface area contributed by atoms with Gasteiger partial charge in [-0.25, -0.2) is 4.39 Å². The molecule has 2 rings (SSSR count). The number of ether oxygens (including phenoxy) is 1. The second kappa shape index (κ2) is 10.2. The molecule has 1 amide bonds. The number of carbonyl (C=O) groups excluding carboxylic acids is 1. The number of fused-ring (bicyclic) bond motifs is 1. The van der Waals surface area contributed by atoms with E-state index in [1.54, 1.807) is 13.2 Å². The third kappa shape index (κ3) is 5.27. The summed E-state index contributed by atoms with van der Waals surface area (Å²) in [5.41, 5.74) is 0.664. The first kappa shape index (κ1) is 21.8. The molecule has 0 aliphatic heterocycles. The van der Waals surface area contributed by atoms with E-state index in [-0.39, 0.29) is 18.3 Å². The van der Waals surface area contributed by atoms with Crippen LogP contribution < -0.4 is 0 Å². The Bertz CT molecular complexity index is 756. The topological polar surface area (TPSA) is 32.8 Å². The standard InChI is InChI=1S/C21H31FN2O2S/c1-6-23(7-2)11-12-24(13-15(3)4)21(25)20-16(14-26-5)19-17(22)9-8-10-18(19)27-20/h8-10,15H,6-7,11-14H2,1-5H3. The van der Waals surface area contributed by atoms with Crippen molar-refractivity contribution in [3.8, 4) is 0 Å². The molecule has 1 aromatic heterocycles. The molecule has 0 saturated carbocycles. The highest BCUT2D eigenvalue weighted by Gasteiger charge is 2.25. The Hall–Kier alpha value is -1.50. The van der Waals surface area contributed by atoms with E-state index in [9.17, 15) is 9.18 Å². The first-order valence-electron chi connectivity index (χ1n) is 9.63. The molecule has 0 radical (unpaired) electrons. The highest BCUT2D eigenvalue weighted by Crippen LogP contribution is 2.34. The number of halogens is 1. The van der Waals surface area contributed by atoms with Crippen LogP contribution in [0.3, 0.4) is 0 Å². The number of nitrogens with zero attached hydrogens (tertiary/aromatic N) is 2.